The second kappa shape index (κ2) is 7.07. The molecule has 0 saturated heterocycles. The largest absolute Gasteiger partial charge is 0.0972 e. The second-order valence-electron chi connectivity index (χ2n) is 5.04. The van der Waals surface area contributed by atoms with Gasteiger partial charge in [0.05, 0.1) is 0 Å². The first-order valence-corrected chi connectivity index (χ1v) is 10.0. The van der Waals surface area contributed by atoms with Gasteiger partial charge in [-0.25, -0.2) is 0 Å². The Labute approximate surface area is 101 Å². The van der Waals surface area contributed by atoms with Crippen molar-refractivity contribution in [1.29, 1.82) is 0 Å². The minimum atomic E-state index is -0.967. The maximum Gasteiger partial charge on any atom is -0.0118 e. The smallest absolute Gasteiger partial charge is 0.0118 e. The van der Waals surface area contributed by atoms with Crippen LogP contribution in [0.4, 0.5) is 0 Å². The molecule has 0 atom stereocenters. The topological polar surface area (TPSA) is 0 Å². The van der Waals surface area contributed by atoms with Crippen molar-refractivity contribution in [3.05, 3.63) is 0 Å². The summed E-state index contributed by atoms with van der Waals surface area (Å²) >= 11 is 6.10. The molecule has 0 aromatic rings. The lowest BCUT2D eigenvalue weighted by Crippen LogP contribution is -2.09. The van der Waals surface area contributed by atoms with Gasteiger partial charge in [0.25, 0.3) is 0 Å². The van der Waals surface area contributed by atoms with Gasteiger partial charge in [0.2, 0.25) is 0 Å². The molecule has 1 aliphatic carbocycles. The van der Waals surface area contributed by atoms with Gasteiger partial charge in [-0.2, -0.15) is 0 Å². The molecule has 0 unspecified atom stereocenters. The van der Waals surface area contributed by atoms with Gasteiger partial charge in [0.1, 0.15) is 0 Å². The Balaban J connectivity index is 2.53. The quantitative estimate of drug-likeness (QED) is 0.569. The molecule has 0 aromatic carbocycles. The summed E-state index contributed by atoms with van der Waals surface area (Å²) in [5.41, 5.74) is 0.977. The van der Waals surface area contributed by atoms with E-state index in [1.54, 1.807) is 0 Å². The lowest BCUT2D eigenvalue weighted by Gasteiger charge is -2.28. The molecule has 0 heterocycles. The van der Waals surface area contributed by atoms with E-state index in [2.05, 4.69) is 13.8 Å². The Morgan fingerprint density at radius 1 is 1.00 bits per heavy atom. The average molecular weight is 246 g/mol. The van der Waals surface area contributed by atoms with E-state index in [4.69, 9.17) is 11.8 Å². The van der Waals surface area contributed by atoms with E-state index in [1.807, 2.05) is 0 Å². The molecule has 0 N–H and O–H groups in total. The third-order valence-corrected chi connectivity index (χ3v) is 9.75. The highest BCUT2D eigenvalue weighted by molar-refractivity contribution is 8.15. The fraction of sp³-hybridized carbons (Fsp3) is 1.00. The molecule has 0 amide bonds. The number of hydrogen-bond acceptors (Lipinski definition) is 1. The van der Waals surface area contributed by atoms with Crippen LogP contribution in [0.1, 0.15) is 65.2 Å². The molecule has 0 nitrogen and oxygen atoms in total. The second-order valence-corrected chi connectivity index (χ2v) is 10.8. The van der Waals surface area contributed by atoms with Crippen LogP contribution in [-0.4, -0.2) is 18.0 Å². The highest BCUT2D eigenvalue weighted by atomic mass is 32.4. The van der Waals surface area contributed by atoms with E-state index in [-0.39, 0.29) is 0 Å². The van der Waals surface area contributed by atoms with Crippen LogP contribution in [0.2, 0.25) is 0 Å². The Bertz CT molecular complexity index is 195. The number of unbranched alkanes of at least 4 members (excludes halogenated alkanes) is 2. The maximum absolute atomic E-state index is 6.10. The molecule has 90 valence electrons. The van der Waals surface area contributed by atoms with Crippen LogP contribution in [0.15, 0.2) is 0 Å². The minimum absolute atomic E-state index is 0.967. The van der Waals surface area contributed by atoms with Crippen molar-refractivity contribution in [2.45, 2.75) is 70.9 Å². The zero-order chi connectivity index (χ0) is 11.1. The summed E-state index contributed by atoms with van der Waals surface area (Å²) in [7, 11) is 0. The monoisotopic (exact) mass is 246 g/mol. The summed E-state index contributed by atoms with van der Waals surface area (Å²) in [6.07, 6.45) is 14.1. The zero-order valence-electron chi connectivity index (χ0n) is 10.5. The van der Waals surface area contributed by atoms with Crippen LogP contribution in [0.5, 0.6) is 0 Å². The Kier molecular flexibility index (Phi) is 6.46. The lowest BCUT2D eigenvalue weighted by atomic mass is 10.4. The molecular formula is C13H27PS. The van der Waals surface area contributed by atoms with Crippen molar-refractivity contribution in [1.82, 2.24) is 0 Å². The van der Waals surface area contributed by atoms with Gasteiger partial charge in [-0.15, -0.1) is 0 Å². The van der Waals surface area contributed by atoms with Crippen LogP contribution in [0, 0.1) is 0 Å². The maximum atomic E-state index is 6.10. The Hall–Kier alpha value is 0.650. The molecular weight excluding hydrogens is 219 g/mol. The summed E-state index contributed by atoms with van der Waals surface area (Å²) in [4.78, 5) is 0. The van der Waals surface area contributed by atoms with Crippen molar-refractivity contribution in [3.8, 4) is 0 Å². The third-order valence-electron chi connectivity index (χ3n) is 3.77. The molecule has 0 spiro atoms. The Morgan fingerprint density at radius 2 is 1.47 bits per heavy atom. The summed E-state index contributed by atoms with van der Waals surface area (Å²) in [5.74, 6) is 0. The molecule has 0 aromatic heterocycles. The van der Waals surface area contributed by atoms with Crippen molar-refractivity contribution in [3.63, 3.8) is 0 Å². The molecule has 0 bridgehead atoms. The number of hydrogen-bond donors (Lipinski definition) is 0. The van der Waals surface area contributed by atoms with E-state index in [1.165, 1.54) is 63.7 Å². The molecule has 0 radical (unpaired) electrons. The molecule has 1 aliphatic rings. The lowest BCUT2D eigenvalue weighted by molar-refractivity contribution is 0.826. The van der Waals surface area contributed by atoms with Crippen molar-refractivity contribution in [2.75, 3.05) is 12.3 Å². The van der Waals surface area contributed by atoms with Gasteiger partial charge in [0, 0.05) is 0 Å². The highest BCUT2D eigenvalue weighted by Gasteiger charge is 2.29. The molecule has 1 saturated carbocycles. The van der Waals surface area contributed by atoms with Gasteiger partial charge in [-0.05, 0) is 49.7 Å². The van der Waals surface area contributed by atoms with Crippen molar-refractivity contribution < 1.29 is 0 Å². The average Bonchev–Trinajstić information content (AvgIpc) is 2.77. The van der Waals surface area contributed by atoms with Crippen molar-refractivity contribution >= 4 is 17.8 Å². The predicted molar refractivity (Wildman–Crippen MR) is 76.1 cm³/mol. The summed E-state index contributed by atoms with van der Waals surface area (Å²) in [6.45, 7) is 4.60. The fourth-order valence-corrected chi connectivity index (χ4v) is 8.07. The van der Waals surface area contributed by atoms with Gasteiger partial charge < -0.3 is 0 Å². The highest BCUT2D eigenvalue weighted by Crippen LogP contribution is 2.57. The van der Waals surface area contributed by atoms with Crippen LogP contribution in [0.3, 0.4) is 0 Å². The first-order chi connectivity index (χ1) is 7.23. The molecule has 1 fully saturated rings. The summed E-state index contributed by atoms with van der Waals surface area (Å²) < 4.78 is 0. The number of rotatable bonds is 7. The first-order valence-electron chi connectivity index (χ1n) is 6.80. The third kappa shape index (κ3) is 4.19. The van der Waals surface area contributed by atoms with E-state index in [9.17, 15) is 0 Å². The van der Waals surface area contributed by atoms with Crippen LogP contribution in [-0.2, 0) is 11.8 Å². The van der Waals surface area contributed by atoms with E-state index in [0.717, 1.165) is 5.66 Å². The first kappa shape index (κ1) is 13.7. The molecule has 15 heavy (non-hydrogen) atoms. The minimum Gasteiger partial charge on any atom is -0.0972 e. The summed E-state index contributed by atoms with van der Waals surface area (Å²) in [5, 5.41) is 0. The fourth-order valence-electron chi connectivity index (χ4n) is 2.70. The van der Waals surface area contributed by atoms with E-state index < -0.39 is 6.04 Å². The normalized spacial score (nSPS) is 18.5. The summed E-state index contributed by atoms with van der Waals surface area (Å²) in [6, 6.07) is -0.967. The van der Waals surface area contributed by atoms with Crippen molar-refractivity contribution in [2.24, 2.45) is 0 Å². The van der Waals surface area contributed by atoms with Crippen LogP contribution < -0.4 is 0 Å². The van der Waals surface area contributed by atoms with Gasteiger partial charge >= 0.3 is 0 Å². The zero-order valence-corrected chi connectivity index (χ0v) is 12.2. The van der Waals surface area contributed by atoms with Gasteiger partial charge in [-0.3, -0.25) is 0 Å². The molecule has 1 rings (SSSR count). The van der Waals surface area contributed by atoms with Crippen LogP contribution >= 0.6 is 6.04 Å². The van der Waals surface area contributed by atoms with Gasteiger partial charge in [-0.1, -0.05) is 51.3 Å². The van der Waals surface area contributed by atoms with Crippen LogP contribution in [0.25, 0.3) is 0 Å². The van der Waals surface area contributed by atoms with E-state index >= 15 is 0 Å². The Morgan fingerprint density at radius 3 is 1.87 bits per heavy atom. The van der Waals surface area contributed by atoms with Gasteiger partial charge in [0.15, 0.2) is 0 Å². The standard InChI is InChI=1S/C13H27PS/c1-3-5-11-14(15,12-6-4-2)13-9-7-8-10-13/h13H,3-12H2,1-2H3. The predicted octanol–water partition coefficient (Wildman–Crippen LogP) is 5.01. The van der Waals surface area contributed by atoms with E-state index in [0.29, 0.717) is 0 Å². The SMILES string of the molecule is CCCCP(=S)(CCCC)C1CCCC1. The molecule has 2 heteroatoms. The molecule has 0 aliphatic heterocycles.